The van der Waals surface area contributed by atoms with Crippen LogP contribution >= 0.6 is 0 Å². The van der Waals surface area contributed by atoms with E-state index in [-0.39, 0.29) is 11.9 Å². The minimum absolute atomic E-state index is 0.272. The SMILES string of the molecule is CN1C(=O)c2c3c(n(-c4ccccc4)c2=[N+](C)C1=O)=CC=CC1=CC=CC=C3C1. The molecular weight excluding hydrogens is 362 g/mol. The van der Waals surface area contributed by atoms with Crippen molar-refractivity contribution < 1.29 is 9.59 Å². The first-order valence-electron chi connectivity index (χ1n) is 9.56. The molecule has 5 heteroatoms. The Labute approximate surface area is 168 Å². The molecule has 0 atom stereocenters. The van der Waals surface area contributed by atoms with E-state index in [2.05, 4.69) is 18.2 Å². The highest BCUT2D eigenvalue weighted by atomic mass is 16.2. The number of hydrogen-bond donors (Lipinski definition) is 0. The van der Waals surface area contributed by atoms with E-state index >= 15 is 0 Å². The molecule has 3 amide bonds. The summed E-state index contributed by atoms with van der Waals surface area (Å²) in [5.74, 6) is -0.272. The van der Waals surface area contributed by atoms with E-state index in [0.717, 1.165) is 28.6 Å². The second-order valence-electron chi connectivity index (χ2n) is 7.36. The van der Waals surface area contributed by atoms with Gasteiger partial charge in [-0.15, -0.1) is 0 Å². The third-order valence-corrected chi connectivity index (χ3v) is 5.61. The highest BCUT2D eigenvalue weighted by Gasteiger charge is 2.40. The minimum Gasteiger partial charge on any atom is -0.250 e. The van der Waals surface area contributed by atoms with Crippen LogP contribution in [-0.4, -0.2) is 35.5 Å². The summed E-state index contributed by atoms with van der Waals surface area (Å²) in [7, 11) is 3.26. The average Bonchev–Trinajstić information content (AvgIpc) is 2.87. The number of hydrogen-bond acceptors (Lipinski definition) is 2. The van der Waals surface area contributed by atoms with E-state index in [0.29, 0.717) is 11.1 Å². The number of allylic oxidation sites excluding steroid dienone is 8. The molecule has 0 saturated heterocycles. The van der Waals surface area contributed by atoms with E-state index in [1.807, 2.05) is 59.2 Å². The lowest BCUT2D eigenvalue weighted by atomic mass is 9.94. The van der Waals surface area contributed by atoms with Gasteiger partial charge >= 0.3 is 11.9 Å². The van der Waals surface area contributed by atoms with Gasteiger partial charge in [0.25, 0.3) is 5.49 Å². The van der Waals surface area contributed by atoms with Gasteiger partial charge in [-0.1, -0.05) is 54.7 Å². The van der Waals surface area contributed by atoms with Crippen molar-refractivity contribution >= 4 is 23.6 Å². The molecule has 0 unspecified atom stereocenters. The van der Waals surface area contributed by atoms with Crippen LogP contribution in [0.15, 0.2) is 72.4 Å². The summed E-state index contributed by atoms with van der Waals surface area (Å²) in [4.78, 5) is 27.3. The second-order valence-corrected chi connectivity index (χ2v) is 7.36. The summed E-state index contributed by atoms with van der Waals surface area (Å²) < 4.78 is 3.58. The molecule has 1 aromatic carbocycles. The highest BCUT2D eigenvalue weighted by molar-refractivity contribution is 6.09. The van der Waals surface area contributed by atoms with Crippen LogP contribution in [0, 0.1) is 0 Å². The van der Waals surface area contributed by atoms with Gasteiger partial charge in [-0.2, -0.15) is 9.48 Å². The maximum atomic E-state index is 13.3. The van der Waals surface area contributed by atoms with Gasteiger partial charge in [0, 0.05) is 5.56 Å². The zero-order chi connectivity index (χ0) is 20.1. The van der Waals surface area contributed by atoms with Crippen LogP contribution < -0.4 is 15.4 Å². The highest BCUT2D eigenvalue weighted by Crippen LogP contribution is 2.28. The molecule has 142 valence electrons. The molecule has 3 aliphatic rings. The number of rotatable bonds is 1. The van der Waals surface area contributed by atoms with Gasteiger partial charge in [-0.05, 0) is 35.8 Å². The zero-order valence-corrected chi connectivity index (χ0v) is 16.3. The largest absolute Gasteiger partial charge is 0.445 e. The first kappa shape index (κ1) is 17.4. The molecule has 1 aromatic heterocycles. The number of carbonyl (C=O) groups is 2. The van der Waals surface area contributed by atoms with Gasteiger partial charge in [0.15, 0.2) is 0 Å². The summed E-state index contributed by atoms with van der Waals surface area (Å²) in [5.41, 5.74) is 5.22. The summed E-state index contributed by atoms with van der Waals surface area (Å²) in [5, 5.41) is 0.904. The number of fused-ring (bicyclic) bond motifs is 6. The maximum absolute atomic E-state index is 13.3. The molecule has 0 fully saturated rings. The number of aromatic nitrogens is 1. The lowest BCUT2D eigenvalue weighted by Gasteiger charge is -2.16. The molecular formula is C24H20N3O2+. The van der Waals surface area contributed by atoms with Crippen molar-refractivity contribution in [2.24, 2.45) is 0 Å². The zero-order valence-electron chi connectivity index (χ0n) is 16.3. The quantitative estimate of drug-likeness (QED) is 0.711. The molecule has 5 rings (SSSR count). The molecule has 0 spiro atoms. The molecule has 29 heavy (non-hydrogen) atoms. The van der Waals surface area contributed by atoms with Crippen molar-refractivity contribution in [3.8, 4) is 5.69 Å². The Morgan fingerprint density at radius 1 is 0.931 bits per heavy atom. The Hall–Kier alpha value is -3.73. The molecule has 0 saturated carbocycles. The van der Waals surface area contributed by atoms with Crippen LogP contribution in [0.1, 0.15) is 22.3 Å². The number of para-hydroxylation sites is 1. The molecule has 1 aliphatic heterocycles. The summed E-state index contributed by atoms with van der Waals surface area (Å²) in [6, 6.07) is 9.52. The minimum atomic E-state index is -0.337. The number of urea groups is 1. The van der Waals surface area contributed by atoms with E-state index in [4.69, 9.17) is 0 Å². The predicted molar refractivity (Wildman–Crippen MR) is 113 cm³/mol. The van der Waals surface area contributed by atoms with E-state index in [1.54, 1.807) is 11.6 Å². The Balaban J connectivity index is 2.03. The molecule has 2 bridgehead atoms. The van der Waals surface area contributed by atoms with Crippen LogP contribution in [0.4, 0.5) is 4.79 Å². The molecule has 0 N–H and O–H groups in total. The first-order chi connectivity index (χ1) is 14.1. The Kier molecular flexibility index (Phi) is 3.84. The van der Waals surface area contributed by atoms with Crippen molar-refractivity contribution in [3.05, 3.63) is 94.3 Å². The fourth-order valence-corrected chi connectivity index (χ4v) is 4.23. The van der Waals surface area contributed by atoms with Crippen molar-refractivity contribution in [2.45, 2.75) is 6.42 Å². The molecule has 2 aliphatic carbocycles. The Bertz CT molecular complexity index is 1320. The molecule has 2 aromatic rings. The molecule has 0 radical (unpaired) electrons. The summed E-state index contributed by atoms with van der Waals surface area (Å²) >= 11 is 0. The monoisotopic (exact) mass is 382 g/mol. The van der Waals surface area contributed by atoms with Gasteiger partial charge in [0.2, 0.25) is 0 Å². The fraction of sp³-hybridized carbons (Fsp3) is 0.125. The van der Waals surface area contributed by atoms with Crippen molar-refractivity contribution in [2.75, 3.05) is 14.1 Å². The van der Waals surface area contributed by atoms with Crippen molar-refractivity contribution in [3.63, 3.8) is 0 Å². The maximum Gasteiger partial charge on any atom is 0.445 e. The van der Waals surface area contributed by atoms with Crippen molar-refractivity contribution in [1.82, 2.24) is 14.0 Å². The Morgan fingerprint density at radius 3 is 2.48 bits per heavy atom. The average molecular weight is 382 g/mol. The van der Waals surface area contributed by atoms with E-state index in [9.17, 15) is 9.59 Å². The van der Waals surface area contributed by atoms with Crippen LogP contribution in [0.2, 0.25) is 0 Å². The first-order valence-corrected chi connectivity index (χ1v) is 9.56. The van der Waals surface area contributed by atoms with Crippen LogP contribution in [0.25, 0.3) is 17.3 Å². The van der Waals surface area contributed by atoms with Gasteiger partial charge < -0.3 is 0 Å². The lowest BCUT2D eigenvalue weighted by molar-refractivity contribution is 0.0813. The van der Waals surface area contributed by atoms with Crippen LogP contribution in [-0.2, 0) is 0 Å². The fourth-order valence-electron chi connectivity index (χ4n) is 4.23. The van der Waals surface area contributed by atoms with Gasteiger partial charge in [-0.25, -0.2) is 14.2 Å². The number of amides is 3. The third-order valence-electron chi connectivity index (χ3n) is 5.61. The number of carbonyl (C=O) groups excluding carboxylic acids is 2. The van der Waals surface area contributed by atoms with E-state index < -0.39 is 0 Å². The van der Waals surface area contributed by atoms with Gasteiger partial charge in [0.05, 0.1) is 14.1 Å². The number of nitrogens with zero attached hydrogens (tertiary/aromatic N) is 3. The van der Waals surface area contributed by atoms with Crippen LogP contribution in [0.3, 0.4) is 0 Å². The summed E-state index contributed by atoms with van der Waals surface area (Å²) in [6.45, 7) is 0. The van der Waals surface area contributed by atoms with E-state index in [1.165, 1.54) is 17.5 Å². The van der Waals surface area contributed by atoms with Crippen LogP contribution in [0.5, 0.6) is 0 Å². The normalized spacial score (nSPS) is 17.6. The molecule has 2 heterocycles. The van der Waals surface area contributed by atoms with Crippen molar-refractivity contribution in [1.29, 1.82) is 0 Å². The third kappa shape index (κ3) is 2.51. The number of imide groups is 1. The lowest BCUT2D eigenvalue weighted by Crippen LogP contribution is -2.53. The topological polar surface area (TPSA) is 45.3 Å². The number of benzene rings is 1. The second kappa shape index (κ2) is 6.41. The van der Waals surface area contributed by atoms with Gasteiger partial charge in [0.1, 0.15) is 16.6 Å². The molecule has 5 nitrogen and oxygen atoms in total. The summed E-state index contributed by atoms with van der Waals surface area (Å²) in [6.07, 6.45) is 15.0. The standard InChI is InChI=1S/C24H20N3O2/c1-25-22-21(23(28)26(2)24(25)29)20-17-11-7-6-9-16(15-17)10-8-14-19(20)27(22)18-12-4-3-5-13-18/h3-14H,15H2,1-2H3/q+1. The Morgan fingerprint density at radius 2 is 1.69 bits per heavy atom. The predicted octanol–water partition coefficient (Wildman–Crippen LogP) is 2.42. The van der Waals surface area contributed by atoms with Gasteiger partial charge in [-0.3, -0.25) is 0 Å². The smallest absolute Gasteiger partial charge is 0.250 e.